The lowest BCUT2D eigenvalue weighted by Crippen LogP contribution is -2.20. The molecule has 1 aromatic carbocycles. The van der Waals surface area contributed by atoms with Gasteiger partial charge in [-0.15, -0.1) is 0 Å². The van der Waals surface area contributed by atoms with Crippen LogP contribution in [0.25, 0.3) is 0 Å². The summed E-state index contributed by atoms with van der Waals surface area (Å²) in [6.45, 7) is 11.4. The average molecular weight is 290 g/mol. The van der Waals surface area contributed by atoms with Crippen molar-refractivity contribution in [3.63, 3.8) is 0 Å². The maximum Gasteiger partial charge on any atom is -0.00258 e. The minimum absolute atomic E-state index is 0.767. The molecule has 0 aliphatic rings. The van der Waals surface area contributed by atoms with Crippen LogP contribution < -0.4 is 5.32 Å². The van der Waals surface area contributed by atoms with Gasteiger partial charge >= 0.3 is 0 Å². The molecule has 120 valence electrons. The second-order valence-electron chi connectivity index (χ2n) is 6.57. The summed E-state index contributed by atoms with van der Waals surface area (Å²) >= 11 is 0. The number of aryl methyl sites for hydroxylation is 3. The molecular weight excluding hydrogens is 254 g/mol. The Morgan fingerprint density at radius 1 is 0.905 bits per heavy atom. The van der Waals surface area contributed by atoms with Crippen LogP contribution in [0.15, 0.2) is 18.2 Å². The van der Waals surface area contributed by atoms with Gasteiger partial charge in [-0.2, -0.15) is 0 Å². The summed E-state index contributed by atoms with van der Waals surface area (Å²) < 4.78 is 0. The summed E-state index contributed by atoms with van der Waals surface area (Å²) in [6, 6.07) is 7.11. The number of hydrogen-bond acceptors (Lipinski definition) is 1. The van der Waals surface area contributed by atoms with Gasteiger partial charge in [0.05, 0.1) is 0 Å². The van der Waals surface area contributed by atoms with Crippen molar-refractivity contribution >= 4 is 0 Å². The first-order valence-corrected chi connectivity index (χ1v) is 8.98. The number of benzene rings is 1. The number of unbranched alkanes of at least 4 members (excludes halogenated alkanes) is 3. The summed E-state index contributed by atoms with van der Waals surface area (Å²) in [5.74, 6) is 0.767. The predicted molar refractivity (Wildman–Crippen MR) is 95.1 cm³/mol. The molecular formula is C20H35N. The first-order chi connectivity index (χ1) is 10.2. The van der Waals surface area contributed by atoms with Crippen molar-refractivity contribution in [2.24, 2.45) is 5.92 Å². The average Bonchev–Trinajstić information content (AvgIpc) is 2.49. The molecule has 0 spiro atoms. The van der Waals surface area contributed by atoms with E-state index in [-0.39, 0.29) is 0 Å². The molecule has 0 unspecified atom stereocenters. The molecule has 1 N–H and O–H groups in total. The molecule has 0 aliphatic carbocycles. The van der Waals surface area contributed by atoms with Crippen LogP contribution in [0, 0.1) is 5.92 Å². The molecule has 0 saturated carbocycles. The molecule has 1 nitrogen and oxygen atoms in total. The molecule has 0 saturated heterocycles. The minimum Gasteiger partial charge on any atom is -0.316 e. The fourth-order valence-electron chi connectivity index (χ4n) is 2.83. The quantitative estimate of drug-likeness (QED) is 0.555. The standard InChI is InChI=1S/C20H35N/c1-5-19-13-12-18(15-20(19)6-2)11-9-7-8-10-14-21-16-17(3)4/h12-13,15,17,21H,5-11,14,16H2,1-4H3. The molecule has 1 aromatic rings. The van der Waals surface area contributed by atoms with E-state index in [2.05, 4.69) is 51.2 Å². The third-order valence-electron chi connectivity index (χ3n) is 4.15. The first-order valence-electron chi connectivity index (χ1n) is 8.98. The predicted octanol–water partition coefficient (Wildman–Crippen LogP) is 5.16. The van der Waals surface area contributed by atoms with Crippen LogP contribution >= 0.6 is 0 Å². The van der Waals surface area contributed by atoms with Gasteiger partial charge in [0.1, 0.15) is 0 Å². The first kappa shape index (κ1) is 18.2. The Labute approximate surface area is 132 Å². The molecule has 1 rings (SSSR count). The Bertz CT molecular complexity index is 381. The number of rotatable bonds is 11. The van der Waals surface area contributed by atoms with Crippen molar-refractivity contribution in [1.82, 2.24) is 5.32 Å². The van der Waals surface area contributed by atoms with Crippen molar-refractivity contribution in [3.8, 4) is 0 Å². The molecule has 0 radical (unpaired) electrons. The van der Waals surface area contributed by atoms with Gasteiger partial charge < -0.3 is 5.32 Å². The van der Waals surface area contributed by atoms with Crippen LogP contribution in [-0.2, 0) is 19.3 Å². The van der Waals surface area contributed by atoms with E-state index in [0.717, 1.165) is 18.9 Å². The zero-order chi connectivity index (χ0) is 15.5. The zero-order valence-electron chi connectivity index (χ0n) is 14.7. The van der Waals surface area contributed by atoms with Crippen molar-refractivity contribution in [1.29, 1.82) is 0 Å². The van der Waals surface area contributed by atoms with Crippen LogP contribution in [0.2, 0.25) is 0 Å². The number of hydrogen-bond donors (Lipinski definition) is 1. The second-order valence-corrected chi connectivity index (χ2v) is 6.57. The van der Waals surface area contributed by atoms with Gasteiger partial charge in [0, 0.05) is 0 Å². The van der Waals surface area contributed by atoms with Gasteiger partial charge in [-0.1, -0.05) is 58.7 Å². The zero-order valence-corrected chi connectivity index (χ0v) is 14.7. The summed E-state index contributed by atoms with van der Waals surface area (Å²) in [5, 5.41) is 3.52. The minimum atomic E-state index is 0.767. The van der Waals surface area contributed by atoms with Crippen LogP contribution in [0.3, 0.4) is 0 Å². The second kappa shape index (κ2) is 10.8. The van der Waals surface area contributed by atoms with E-state index in [1.807, 2.05) is 0 Å². The third kappa shape index (κ3) is 7.66. The summed E-state index contributed by atoms with van der Waals surface area (Å²) in [6.07, 6.45) is 8.95. The largest absolute Gasteiger partial charge is 0.316 e. The van der Waals surface area contributed by atoms with Gasteiger partial charge in [-0.3, -0.25) is 0 Å². The highest BCUT2D eigenvalue weighted by Gasteiger charge is 2.01. The molecule has 0 aromatic heterocycles. The molecule has 0 amide bonds. The Kier molecular flexibility index (Phi) is 9.41. The highest BCUT2D eigenvalue weighted by atomic mass is 14.8. The summed E-state index contributed by atoms with van der Waals surface area (Å²) in [5.41, 5.74) is 4.60. The lowest BCUT2D eigenvalue weighted by molar-refractivity contribution is 0.526. The molecule has 21 heavy (non-hydrogen) atoms. The Morgan fingerprint density at radius 3 is 2.29 bits per heavy atom. The van der Waals surface area contributed by atoms with E-state index in [1.165, 1.54) is 56.2 Å². The van der Waals surface area contributed by atoms with Gasteiger partial charge in [0.15, 0.2) is 0 Å². The fraction of sp³-hybridized carbons (Fsp3) is 0.700. The maximum absolute atomic E-state index is 3.52. The molecule has 0 bridgehead atoms. The Hall–Kier alpha value is -0.820. The van der Waals surface area contributed by atoms with Gasteiger partial charge in [0.2, 0.25) is 0 Å². The Balaban J connectivity index is 2.15. The normalized spacial score (nSPS) is 11.3. The van der Waals surface area contributed by atoms with Crippen LogP contribution in [0.5, 0.6) is 0 Å². The third-order valence-corrected chi connectivity index (χ3v) is 4.15. The fourth-order valence-corrected chi connectivity index (χ4v) is 2.83. The molecule has 1 heteroatoms. The van der Waals surface area contributed by atoms with E-state index in [1.54, 1.807) is 5.56 Å². The van der Waals surface area contributed by atoms with Crippen LogP contribution in [0.4, 0.5) is 0 Å². The lowest BCUT2D eigenvalue weighted by Gasteiger charge is -2.09. The topological polar surface area (TPSA) is 12.0 Å². The van der Waals surface area contributed by atoms with Gasteiger partial charge in [0.25, 0.3) is 0 Å². The lowest BCUT2D eigenvalue weighted by atomic mass is 9.97. The van der Waals surface area contributed by atoms with Crippen molar-refractivity contribution in [2.75, 3.05) is 13.1 Å². The molecule has 0 heterocycles. The van der Waals surface area contributed by atoms with E-state index in [4.69, 9.17) is 0 Å². The Morgan fingerprint density at radius 2 is 1.62 bits per heavy atom. The van der Waals surface area contributed by atoms with E-state index in [9.17, 15) is 0 Å². The molecule has 0 atom stereocenters. The highest BCUT2D eigenvalue weighted by molar-refractivity contribution is 5.32. The summed E-state index contributed by atoms with van der Waals surface area (Å²) in [4.78, 5) is 0. The number of nitrogens with one attached hydrogen (secondary N) is 1. The smallest absolute Gasteiger partial charge is 0.00258 e. The molecule has 0 aliphatic heterocycles. The van der Waals surface area contributed by atoms with E-state index in [0.29, 0.717) is 0 Å². The summed E-state index contributed by atoms with van der Waals surface area (Å²) in [7, 11) is 0. The van der Waals surface area contributed by atoms with Crippen molar-refractivity contribution < 1.29 is 0 Å². The van der Waals surface area contributed by atoms with Crippen molar-refractivity contribution in [2.45, 2.75) is 72.6 Å². The maximum atomic E-state index is 3.52. The van der Waals surface area contributed by atoms with Gasteiger partial charge in [-0.05, 0) is 67.8 Å². The monoisotopic (exact) mass is 289 g/mol. The van der Waals surface area contributed by atoms with Crippen LogP contribution in [0.1, 0.15) is 70.1 Å². The highest BCUT2D eigenvalue weighted by Crippen LogP contribution is 2.16. The van der Waals surface area contributed by atoms with Crippen molar-refractivity contribution in [3.05, 3.63) is 34.9 Å². The van der Waals surface area contributed by atoms with E-state index < -0.39 is 0 Å². The van der Waals surface area contributed by atoms with Gasteiger partial charge in [-0.25, -0.2) is 0 Å². The van der Waals surface area contributed by atoms with E-state index >= 15 is 0 Å². The van der Waals surface area contributed by atoms with Crippen LogP contribution in [-0.4, -0.2) is 13.1 Å². The SMILES string of the molecule is CCc1ccc(CCCCCCNCC(C)C)cc1CC. The molecule has 0 fully saturated rings.